The van der Waals surface area contributed by atoms with Gasteiger partial charge in [0, 0.05) is 7.05 Å². The van der Waals surface area contributed by atoms with Crippen LogP contribution in [0, 0.1) is 0 Å². The maximum absolute atomic E-state index is 4.46. The molecule has 0 bridgehead atoms. The summed E-state index contributed by atoms with van der Waals surface area (Å²) >= 11 is 1.65. The van der Waals surface area contributed by atoms with E-state index in [0.29, 0.717) is 5.95 Å². The van der Waals surface area contributed by atoms with Gasteiger partial charge < -0.3 is 5.32 Å². The summed E-state index contributed by atoms with van der Waals surface area (Å²) in [4.78, 5) is 9.87. The fourth-order valence-electron chi connectivity index (χ4n) is 1.55. The zero-order valence-corrected chi connectivity index (χ0v) is 9.38. The van der Waals surface area contributed by atoms with E-state index >= 15 is 0 Å². The standard InChI is InChI=1S/C10H9N5S/c1-11-10-13-8(7-3-2-4-16-7)6-5-12-15-9(6)14-10/h2-5H,1H3,(H2,11,12,13,14,15). The fourth-order valence-corrected chi connectivity index (χ4v) is 2.28. The van der Waals surface area contributed by atoms with Crippen molar-refractivity contribution < 1.29 is 0 Å². The summed E-state index contributed by atoms with van der Waals surface area (Å²) in [6.07, 6.45) is 1.75. The molecule has 0 aliphatic carbocycles. The Morgan fingerprint density at radius 1 is 1.38 bits per heavy atom. The van der Waals surface area contributed by atoms with Gasteiger partial charge in [0.1, 0.15) is 0 Å². The quantitative estimate of drug-likeness (QED) is 0.709. The van der Waals surface area contributed by atoms with E-state index in [1.54, 1.807) is 24.6 Å². The number of anilines is 1. The minimum absolute atomic E-state index is 0.597. The van der Waals surface area contributed by atoms with Gasteiger partial charge in [0.05, 0.1) is 22.2 Å². The number of H-pyrrole nitrogens is 1. The lowest BCUT2D eigenvalue weighted by atomic mass is 10.2. The molecule has 0 amide bonds. The third-order valence-electron chi connectivity index (χ3n) is 2.29. The molecule has 80 valence electrons. The second-order valence-corrected chi connectivity index (χ2v) is 4.20. The highest BCUT2D eigenvalue weighted by atomic mass is 32.1. The summed E-state index contributed by atoms with van der Waals surface area (Å²) < 4.78 is 0. The maximum atomic E-state index is 4.46. The van der Waals surface area contributed by atoms with E-state index in [9.17, 15) is 0 Å². The molecule has 2 N–H and O–H groups in total. The van der Waals surface area contributed by atoms with Crippen molar-refractivity contribution in [2.24, 2.45) is 0 Å². The van der Waals surface area contributed by atoms with Crippen LogP contribution in [0.1, 0.15) is 0 Å². The van der Waals surface area contributed by atoms with Crippen molar-refractivity contribution in [1.82, 2.24) is 20.2 Å². The molecule has 0 unspecified atom stereocenters. The molecule has 6 heteroatoms. The Morgan fingerprint density at radius 3 is 3.06 bits per heavy atom. The average molecular weight is 231 g/mol. The molecule has 3 aromatic rings. The monoisotopic (exact) mass is 231 g/mol. The van der Waals surface area contributed by atoms with Gasteiger partial charge in [-0.25, -0.2) is 4.98 Å². The first kappa shape index (κ1) is 9.29. The number of thiophene rings is 1. The van der Waals surface area contributed by atoms with Crippen molar-refractivity contribution in [1.29, 1.82) is 0 Å². The summed E-state index contributed by atoms with van der Waals surface area (Å²) in [5.41, 5.74) is 1.67. The van der Waals surface area contributed by atoms with E-state index in [2.05, 4.69) is 25.5 Å². The number of nitrogens with one attached hydrogen (secondary N) is 2. The van der Waals surface area contributed by atoms with Crippen LogP contribution in [0.3, 0.4) is 0 Å². The number of aromatic amines is 1. The highest BCUT2D eigenvalue weighted by Gasteiger charge is 2.11. The predicted octanol–water partition coefficient (Wildman–Crippen LogP) is 2.12. The van der Waals surface area contributed by atoms with Gasteiger partial charge in [0.15, 0.2) is 5.65 Å². The van der Waals surface area contributed by atoms with Gasteiger partial charge in [-0.05, 0) is 11.4 Å². The largest absolute Gasteiger partial charge is 0.357 e. The van der Waals surface area contributed by atoms with Crippen molar-refractivity contribution in [3.05, 3.63) is 23.7 Å². The molecule has 0 aliphatic rings. The van der Waals surface area contributed by atoms with E-state index in [0.717, 1.165) is 21.6 Å². The van der Waals surface area contributed by atoms with Gasteiger partial charge in [0.25, 0.3) is 0 Å². The first-order valence-corrected chi connectivity index (χ1v) is 5.69. The van der Waals surface area contributed by atoms with Crippen molar-refractivity contribution in [3.8, 4) is 10.6 Å². The molecule has 16 heavy (non-hydrogen) atoms. The maximum Gasteiger partial charge on any atom is 0.225 e. The van der Waals surface area contributed by atoms with Crippen LogP contribution in [0.25, 0.3) is 21.6 Å². The predicted molar refractivity (Wildman–Crippen MR) is 64.5 cm³/mol. The number of aromatic nitrogens is 4. The highest BCUT2D eigenvalue weighted by molar-refractivity contribution is 7.13. The van der Waals surface area contributed by atoms with Gasteiger partial charge in [-0.3, -0.25) is 5.10 Å². The molecular formula is C10H9N5S. The average Bonchev–Trinajstić information content (AvgIpc) is 2.98. The van der Waals surface area contributed by atoms with Gasteiger partial charge in [-0.15, -0.1) is 11.3 Å². The van der Waals surface area contributed by atoms with Crippen LogP contribution in [0.5, 0.6) is 0 Å². The molecule has 0 spiro atoms. The Balaban J connectivity index is 2.33. The molecule has 3 rings (SSSR count). The van der Waals surface area contributed by atoms with E-state index < -0.39 is 0 Å². The fraction of sp³-hybridized carbons (Fsp3) is 0.100. The van der Waals surface area contributed by atoms with Crippen molar-refractivity contribution in [2.45, 2.75) is 0 Å². The first-order valence-electron chi connectivity index (χ1n) is 4.81. The van der Waals surface area contributed by atoms with Crippen LogP contribution in [-0.4, -0.2) is 27.2 Å². The van der Waals surface area contributed by atoms with Crippen LogP contribution in [0.4, 0.5) is 5.95 Å². The van der Waals surface area contributed by atoms with Crippen LogP contribution in [0.15, 0.2) is 23.7 Å². The normalized spacial score (nSPS) is 10.8. The molecule has 0 radical (unpaired) electrons. The topological polar surface area (TPSA) is 66.5 Å². The first-order chi connectivity index (χ1) is 7.88. The molecule has 0 saturated heterocycles. The lowest BCUT2D eigenvalue weighted by Crippen LogP contribution is -1.97. The molecule has 5 nitrogen and oxygen atoms in total. The lowest BCUT2D eigenvalue weighted by molar-refractivity contribution is 1.09. The van der Waals surface area contributed by atoms with Gasteiger partial charge in [0.2, 0.25) is 5.95 Å². The Hall–Kier alpha value is -1.95. The summed E-state index contributed by atoms with van der Waals surface area (Å²) in [6, 6.07) is 4.05. The molecule has 3 aromatic heterocycles. The third-order valence-corrected chi connectivity index (χ3v) is 3.16. The summed E-state index contributed by atoms with van der Waals surface area (Å²) in [6.45, 7) is 0. The Bertz CT molecular complexity index is 613. The van der Waals surface area contributed by atoms with E-state index in [-0.39, 0.29) is 0 Å². The Morgan fingerprint density at radius 2 is 2.31 bits per heavy atom. The summed E-state index contributed by atoms with van der Waals surface area (Å²) in [7, 11) is 1.80. The molecule has 3 heterocycles. The zero-order chi connectivity index (χ0) is 11.0. The van der Waals surface area contributed by atoms with E-state index in [1.165, 1.54) is 0 Å². The molecule has 0 aromatic carbocycles. The second-order valence-electron chi connectivity index (χ2n) is 3.26. The number of nitrogens with zero attached hydrogens (tertiary/aromatic N) is 3. The van der Waals surface area contributed by atoms with Gasteiger partial charge >= 0.3 is 0 Å². The van der Waals surface area contributed by atoms with Gasteiger partial charge in [-0.1, -0.05) is 6.07 Å². The number of hydrogen-bond acceptors (Lipinski definition) is 5. The lowest BCUT2D eigenvalue weighted by Gasteiger charge is -2.02. The molecule has 0 aliphatic heterocycles. The SMILES string of the molecule is CNc1nc(-c2cccs2)c2cn[nH]c2n1. The van der Waals surface area contributed by atoms with E-state index in [1.807, 2.05) is 17.5 Å². The minimum atomic E-state index is 0.597. The Labute approximate surface area is 95.6 Å². The van der Waals surface area contributed by atoms with Crippen LogP contribution >= 0.6 is 11.3 Å². The van der Waals surface area contributed by atoms with Crippen LogP contribution in [-0.2, 0) is 0 Å². The third kappa shape index (κ3) is 1.35. The van der Waals surface area contributed by atoms with Gasteiger partial charge in [-0.2, -0.15) is 10.1 Å². The zero-order valence-electron chi connectivity index (χ0n) is 8.56. The van der Waals surface area contributed by atoms with Crippen molar-refractivity contribution in [2.75, 3.05) is 12.4 Å². The minimum Gasteiger partial charge on any atom is -0.357 e. The summed E-state index contributed by atoms with van der Waals surface area (Å²) in [5, 5.41) is 12.8. The van der Waals surface area contributed by atoms with Crippen LogP contribution in [0.2, 0.25) is 0 Å². The number of fused-ring (bicyclic) bond motifs is 1. The second kappa shape index (κ2) is 3.57. The summed E-state index contributed by atoms with van der Waals surface area (Å²) in [5.74, 6) is 0.597. The highest BCUT2D eigenvalue weighted by Crippen LogP contribution is 2.29. The van der Waals surface area contributed by atoms with Crippen molar-refractivity contribution in [3.63, 3.8) is 0 Å². The number of hydrogen-bond donors (Lipinski definition) is 2. The molecule has 0 fully saturated rings. The Kier molecular flexibility index (Phi) is 2.07. The van der Waals surface area contributed by atoms with E-state index in [4.69, 9.17) is 0 Å². The van der Waals surface area contributed by atoms with Crippen LogP contribution < -0.4 is 5.32 Å². The number of rotatable bonds is 2. The van der Waals surface area contributed by atoms with Crippen molar-refractivity contribution >= 4 is 28.3 Å². The molecular weight excluding hydrogens is 222 g/mol. The smallest absolute Gasteiger partial charge is 0.225 e. The molecule has 0 atom stereocenters. The molecule has 0 saturated carbocycles.